The van der Waals surface area contributed by atoms with Gasteiger partial charge in [-0.3, -0.25) is 19.3 Å². The summed E-state index contributed by atoms with van der Waals surface area (Å²) in [6, 6.07) is 10.6. The van der Waals surface area contributed by atoms with Gasteiger partial charge in [-0.15, -0.1) is 0 Å². The van der Waals surface area contributed by atoms with Crippen molar-refractivity contribution in [3.63, 3.8) is 0 Å². The van der Waals surface area contributed by atoms with E-state index in [-0.39, 0.29) is 35.3 Å². The maximum Gasteiger partial charge on any atom is 0.405 e. The van der Waals surface area contributed by atoms with E-state index in [1.165, 1.54) is 17.3 Å². The molecule has 2 aromatic carbocycles. The number of amides is 1. The van der Waals surface area contributed by atoms with Gasteiger partial charge < -0.3 is 20.4 Å². The van der Waals surface area contributed by atoms with Gasteiger partial charge in [0.25, 0.3) is 10.9 Å². The third-order valence-electron chi connectivity index (χ3n) is 9.42. The number of likely N-dealkylation sites (tertiary alicyclic amines) is 1. The van der Waals surface area contributed by atoms with Gasteiger partial charge in [-0.05, 0) is 56.7 Å². The second-order valence-corrected chi connectivity index (χ2v) is 12.9. The molecule has 1 amide bonds. The first-order chi connectivity index (χ1) is 21.4. The van der Waals surface area contributed by atoms with Crippen LogP contribution in [0.4, 0.5) is 36.1 Å². The topological polar surface area (TPSA) is 97.9 Å². The van der Waals surface area contributed by atoms with Crippen LogP contribution in [-0.2, 0) is 17.6 Å². The highest BCUT2D eigenvalue weighted by atomic mass is 35.5. The number of aromatic nitrogens is 1. The smallest absolute Gasteiger partial charge is 0.371 e. The molecule has 2 saturated heterocycles. The molecule has 0 unspecified atom stereocenters. The summed E-state index contributed by atoms with van der Waals surface area (Å²) in [6.07, 6.45) is 0.424. The molecule has 13 heteroatoms. The Morgan fingerprint density at radius 3 is 2.27 bits per heavy atom. The Bertz CT molecular complexity index is 1630. The summed E-state index contributed by atoms with van der Waals surface area (Å²) < 4.78 is 37.8. The van der Waals surface area contributed by atoms with Crippen LogP contribution in [0, 0.1) is 5.92 Å². The zero-order valence-corrected chi connectivity index (χ0v) is 25.9. The van der Waals surface area contributed by atoms with Crippen molar-refractivity contribution in [2.45, 2.75) is 63.8 Å². The fourth-order valence-electron chi connectivity index (χ4n) is 7.09. The van der Waals surface area contributed by atoms with Crippen LogP contribution in [0.1, 0.15) is 37.8 Å². The zero-order valence-electron chi connectivity index (χ0n) is 25.2. The van der Waals surface area contributed by atoms with Crippen LogP contribution in [0.25, 0.3) is 0 Å². The first-order valence-electron chi connectivity index (χ1n) is 15.3. The minimum absolute atomic E-state index is 0.0433. The maximum absolute atomic E-state index is 13.3. The Morgan fingerprint density at radius 2 is 1.64 bits per heavy atom. The summed E-state index contributed by atoms with van der Waals surface area (Å²) in [7, 11) is 0. The highest BCUT2D eigenvalue weighted by molar-refractivity contribution is 6.33. The maximum atomic E-state index is 13.3. The molecule has 45 heavy (non-hydrogen) atoms. The molecule has 0 radical (unpaired) electrons. The number of alkyl halides is 3. The lowest BCUT2D eigenvalue weighted by molar-refractivity contribution is -0.137. The normalized spacial score (nSPS) is 21.7. The van der Waals surface area contributed by atoms with Crippen molar-refractivity contribution in [3.05, 3.63) is 73.1 Å². The van der Waals surface area contributed by atoms with Crippen LogP contribution in [0.5, 0.6) is 0 Å². The predicted octanol–water partition coefficient (Wildman–Crippen LogP) is 4.35. The summed E-state index contributed by atoms with van der Waals surface area (Å²) in [4.78, 5) is 48.4. The molecule has 1 aromatic heterocycles. The average molecular weight is 645 g/mol. The second-order valence-electron chi connectivity index (χ2n) is 12.5. The molecular weight excluding hydrogens is 609 g/mol. The Balaban J connectivity index is 1.04. The molecule has 0 saturated carbocycles. The molecule has 2 aliphatic heterocycles. The predicted molar refractivity (Wildman–Crippen MR) is 168 cm³/mol. The third kappa shape index (κ3) is 6.40. The van der Waals surface area contributed by atoms with Gasteiger partial charge in [0, 0.05) is 50.2 Å². The quantitative estimate of drug-likeness (QED) is 0.367. The number of benzene rings is 1. The highest BCUT2D eigenvalue weighted by Crippen LogP contribution is 2.34. The number of pyridine rings is 1. The Morgan fingerprint density at radius 1 is 1.00 bits per heavy atom. The third-order valence-corrected chi connectivity index (χ3v) is 9.70. The highest BCUT2D eigenvalue weighted by Gasteiger charge is 2.38. The number of piperazine rings is 1. The van der Waals surface area contributed by atoms with Gasteiger partial charge >= 0.3 is 6.18 Å². The van der Waals surface area contributed by atoms with Crippen molar-refractivity contribution < 1.29 is 18.0 Å². The molecule has 2 atom stereocenters. The minimum atomic E-state index is -4.54. The van der Waals surface area contributed by atoms with Gasteiger partial charge in [-0.1, -0.05) is 35.9 Å². The van der Waals surface area contributed by atoms with E-state index in [2.05, 4.69) is 51.0 Å². The van der Waals surface area contributed by atoms with Crippen LogP contribution in [0.3, 0.4) is 0 Å². The largest absolute Gasteiger partial charge is 0.405 e. The molecule has 2 fully saturated rings. The standard InChI is InChI=1S/C32H36ClF3N6O3/c1-18-16-42(30-25(33)13-23(14-37-30)39-27-26(28(43)29(27)44)38-17-32(34,35)36)19(2)15-41(18)24-7-9-40(10-8-24)31(45)22-11-20-5-3-4-6-21(20)12-22/h3-6,13-14,18-19,22,24,38-39H,7-12,15-17H2,1-2H3/t18-,19+/m1/s1. The van der Waals surface area contributed by atoms with E-state index in [0.717, 1.165) is 45.3 Å². The van der Waals surface area contributed by atoms with Gasteiger partial charge in [0.05, 0.1) is 16.9 Å². The van der Waals surface area contributed by atoms with Crippen LogP contribution in [0.2, 0.25) is 5.02 Å². The number of rotatable bonds is 7. The van der Waals surface area contributed by atoms with Crippen LogP contribution < -0.4 is 26.4 Å². The first kappa shape index (κ1) is 31.3. The molecule has 9 nitrogen and oxygen atoms in total. The van der Waals surface area contributed by atoms with Crippen LogP contribution in [0.15, 0.2) is 46.1 Å². The lowest BCUT2D eigenvalue weighted by Gasteiger charge is -2.49. The molecule has 3 heterocycles. The first-order valence-corrected chi connectivity index (χ1v) is 15.7. The molecule has 1 aliphatic carbocycles. The SMILES string of the molecule is C[C@@H]1CN(c2ncc(Nc3c(NCC(F)(F)F)c(=O)c3=O)cc2Cl)[C@@H](C)CN1C1CCN(C(=O)C2Cc3ccccc3C2)CC1. The van der Waals surface area contributed by atoms with E-state index in [4.69, 9.17) is 11.6 Å². The fraction of sp³-hybridized carbons (Fsp3) is 0.500. The van der Waals surface area contributed by atoms with E-state index < -0.39 is 29.3 Å². The van der Waals surface area contributed by atoms with Gasteiger partial charge in [-0.25, -0.2) is 4.98 Å². The summed E-state index contributed by atoms with van der Waals surface area (Å²) in [6.45, 7) is 5.87. The van der Waals surface area contributed by atoms with E-state index in [1.54, 1.807) is 6.07 Å². The lowest BCUT2D eigenvalue weighted by atomic mass is 9.96. The molecule has 3 aliphatic rings. The summed E-state index contributed by atoms with van der Waals surface area (Å²) in [5.74, 6) is 0.884. The van der Waals surface area contributed by atoms with Gasteiger partial charge in [0.1, 0.15) is 23.7 Å². The van der Waals surface area contributed by atoms with Crippen molar-refractivity contribution in [3.8, 4) is 0 Å². The number of halogens is 4. The number of nitrogens with one attached hydrogen (secondary N) is 2. The van der Waals surface area contributed by atoms with Crippen molar-refractivity contribution in [1.82, 2.24) is 14.8 Å². The average Bonchev–Trinajstić information content (AvgIpc) is 3.45. The van der Waals surface area contributed by atoms with E-state index >= 15 is 0 Å². The van der Waals surface area contributed by atoms with Crippen molar-refractivity contribution in [2.24, 2.45) is 5.92 Å². The Hall–Kier alpha value is -3.64. The number of hydrogen-bond acceptors (Lipinski definition) is 8. The number of hydrogen-bond donors (Lipinski definition) is 2. The lowest BCUT2D eigenvalue weighted by Crippen LogP contribution is -2.61. The number of fused-ring (bicyclic) bond motifs is 1. The molecule has 6 rings (SSSR count). The molecular formula is C32H36ClF3N6O3. The number of nitrogens with zero attached hydrogens (tertiary/aromatic N) is 4. The molecule has 2 N–H and O–H groups in total. The van der Waals surface area contributed by atoms with Crippen molar-refractivity contribution in [1.29, 1.82) is 0 Å². The van der Waals surface area contributed by atoms with Crippen molar-refractivity contribution in [2.75, 3.05) is 48.3 Å². The van der Waals surface area contributed by atoms with Crippen molar-refractivity contribution >= 4 is 40.4 Å². The summed E-state index contributed by atoms with van der Waals surface area (Å²) in [5.41, 5.74) is 0.309. The fourth-order valence-corrected chi connectivity index (χ4v) is 7.36. The van der Waals surface area contributed by atoms with E-state index in [9.17, 15) is 27.6 Å². The number of anilines is 4. The summed E-state index contributed by atoms with van der Waals surface area (Å²) >= 11 is 6.63. The van der Waals surface area contributed by atoms with Gasteiger partial charge in [0.15, 0.2) is 0 Å². The Kier molecular flexibility index (Phi) is 8.55. The molecule has 0 spiro atoms. The van der Waals surface area contributed by atoms with Crippen LogP contribution >= 0.6 is 11.6 Å². The van der Waals surface area contributed by atoms with E-state index in [0.29, 0.717) is 23.4 Å². The number of carbonyl (C=O) groups excluding carboxylic acids is 1. The summed E-state index contributed by atoms with van der Waals surface area (Å²) in [5, 5.41) is 5.00. The number of piperidine rings is 1. The minimum Gasteiger partial charge on any atom is -0.371 e. The molecule has 0 bridgehead atoms. The van der Waals surface area contributed by atoms with E-state index in [1.807, 2.05) is 17.4 Å². The molecule has 240 valence electrons. The second kappa shape index (κ2) is 12.3. The zero-order chi connectivity index (χ0) is 32.0. The monoisotopic (exact) mass is 644 g/mol. The van der Waals surface area contributed by atoms with Crippen LogP contribution in [-0.4, -0.2) is 77.7 Å². The Labute approximate surface area is 264 Å². The van der Waals surface area contributed by atoms with Gasteiger partial charge in [-0.2, -0.15) is 13.2 Å². The molecule has 3 aromatic rings. The van der Waals surface area contributed by atoms with Gasteiger partial charge in [0.2, 0.25) is 5.91 Å². The number of carbonyl (C=O) groups is 1.